The SMILES string of the molecule is Cc1cncc(NCc2cccc(C)c2C)c1. The fraction of sp³-hybridized carbons (Fsp3) is 0.267. The van der Waals surface area contributed by atoms with Gasteiger partial charge in [-0.3, -0.25) is 4.98 Å². The van der Waals surface area contributed by atoms with Crippen molar-refractivity contribution in [3.05, 3.63) is 58.9 Å². The van der Waals surface area contributed by atoms with Gasteiger partial charge in [0.2, 0.25) is 0 Å². The molecule has 1 aromatic carbocycles. The van der Waals surface area contributed by atoms with Gasteiger partial charge in [0.15, 0.2) is 0 Å². The van der Waals surface area contributed by atoms with Crippen LogP contribution in [0.1, 0.15) is 22.3 Å². The van der Waals surface area contributed by atoms with E-state index >= 15 is 0 Å². The van der Waals surface area contributed by atoms with E-state index in [-0.39, 0.29) is 0 Å². The van der Waals surface area contributed by atoms with E-state index in [4.69, 9.17) is 0 Å². The van der Waals surface area contributed by atoms with E-state index in [9.17, 15) is 0 Å². The summed E-state index contributed by atoms with van der Waals surface area (Å²) in [6, 6.07) is 8.53. The summed E-state index contributed by atoms with van der Waals surface area (Å²) < 4.78 is 0. The molecule has 0 radical (unpaired) electrons. The lowest BCUT2D eigenvalue weighted by molar-refractivity contribution is 1.09. The number of rotatable bonds is 3. The molecule has 0 amide bonds. The van der Waals surface area contributed by atoms with Gasteiger partial charge in [0.1, 0.15) is 0 Å². The van der Waals surface area contributed by atoms with Crippen LogP contribution in [0.5, 0.6) is 0 Å². The normalized spacial score (nSPS) is 10.3. The van der Waals surface area contributed by atoms with Crippen LogP contribution in [0.3, 0.4) is 0 Å². The minimum Gasteiger partial charge on any atom is -0.380 e. The number of nitrogens with one attached hydrogen (secondary N) is 1. The van der Waals surface area contributed by atoms with Crippen molar-refractivity contribution in [3.63, 3.8) is 0 Å². The van der Waals surface area contributed by atoms with Gasteiger partial charge in [-0.15, -0.1) is 0 Å². The van der Waals surface area contributed by atoms with E-state index in [1.807, 2.05) is 12.4 Å². The van der Waals surface area contributed by atoms with E-state index in [0.29, 0.717) is 0 Å². The Morgan fingerprint density at radius 3 is 2.71 bits per heavy atom. The summed E-state index contributed by atoms with van der Waals surface area (Å²) in [5.41, 5.74) is 6.29. The Kier molecular flexibility index (Phi) is 3.43. The van der Waals surface area contributed by atoms with Crippen LogP contribution in [0.15, 0.2) is 36.7 Å². The van der Waals surface area contributed by atoms with Crippen LogP contribution < -0.4 is 5.32 Å². The molecule has 1 N–H and O–H groups in total. The number of benzene rings is 1. The summed E-state index contributed by atoms with van der Waals surface area (Å²) in [6.45, 7) is 7.21. The number of hydrogen-bond donors (Lipinski definition) is 1. The number of aromatic nitrogens is 1. The van der Waals surface area contributed by atoms with Crippen molar-refractivity contribution in [3.8, 4) is 0 Å². The fourth-order valence-corrected chi connectivity index (χ4v) is 1.85. The molecule has 0 fully saturated rings. The molecule has 17 heavy (non-hydrogen) atoms. The van der Waals surface area contributed by atoms with Crippen LogP contribution in [-0.2, 0) is 6.54 Å². The third kappa shape index (κ3) is 2.84. The lowest BCUT2D eigenvalue weighted by atomic mass is 10.0. The summed E-state index contributed by atoms with van der Waals surface area (Å²) in [4.78, 5) is 4.17. The highest BCUT2D eigenvalue weighted by Crippen LogP contribution is 2.15. The molecule has 0 aliphatic rings. The summed E-state index contributed by atoms with van der Waals surface area (Å²) in [7, 11) is 0. The average Bonchev–Trinajstić information content (AvgIpc) is 2.31. The van der Waals surface area contributed by atoms with E-state index in [2.05, 4.69) is 55.3 Å². The maximum atomic E-state index is 4.17. The van der Waals surface area contributed by atoms with Crippen molar-refractivity contribution in [2.24, 2.45) is 0 Å². The molecule has 0 spiro atoms. The van der Waals surface area contributed by atoms with Crippen LogP contribution in [0.4, 0.5) is 5.69 Å². The molecule has 88 valence electrons. The van der Waals surface area contributed by atoms with Crippen molar-refractivity contribution >= 4 is 5.69 Å². The Balaban J connectivity index is 2.10. The van der Waals surface area contributed by atoms with Crippen molar-refractivity contribution in [2.45, 2.75) is 27.3 Å². The number of anilines is 1. The molecular formula is C15H18N2. The molecule has 0 atom stereocenters. The molecule has 0 saturated heterocycles. The largest absolute Gasteiger partial charge is 0.380 e. The number of aryl methyl sites for hydroxylation is 2. The minimum atomic E-state index is 0.846. The first-order chi connectivity index (χ1) is 8.16. The van der Waals surface area contributed by atoms with E-state index in [0.717, 1.165) is 12.2 Å². The number of hydrogen-bond acceptors (Lipinski definition) is 2. The van der Waals surface area contributed by atoms with Gasteiger partial charge in [0, 0.05) is 18.9 Å². The molecule has 0 unspecified atom stereocenters. The first kappa shape index (κ1) is 11.6. The van der Waals surface area contributed by atoms with Crippen molar-refractivity contribution in [2.75, 3.05) is 5.32 Å². The molecule has 1 aromatic heterocycles. The van der Waals surface area contributed by atoms with E-state index in [1.165, 1.54) is 22.3 Å². The zero-order valence-electron chi connectivity index (χ0n) is 10.6. The second-order valence-corrected chi connectivity index (χ2v) is 4.46. The molecule has 2 aromatic rings. The van der Waals surface area contributed by atoms with Gasteiger partial charge in [0.25, 0.3) is 0 Å². The lowest BCUT2D eigenvalue weighted by Crippen LogP contribution is -2.02. The van der Waals surface area contributed by atoms with Gasteiger partial charge in [-0.2, -0.15) is 0 Å². The molecule has 2 rings (SSSR count). The summed E-state index contributed by atoms with van der Waals surface area (Å²) >= 11 is 0. The Morgan fingerprint density at radius 1 is 1.12 bits per heavy atom. The topological polar surface area (TPSA) is 24.9 Å². The molecule has 0 aliphatic carbocycles. The molecule has 1 heterocycles. The maximum absolute atomic E-state index is 4.17. The van der Waals surface area contributed by atoms with Gasteiger partial charge in [-0.1, -0.05) is 18.2 Å². The van der Waals surface area contributed by atoms with Crippen molar-refractivity contribution < 1.29 is 0 Å². The smallest absolute Gasteiger partial charge is 0.0532 e. The molecule has 2 heteroatoms. The third-order valence-corrected chi connectivity index (χ3v) is 3.07. The average molecular weight is 226 g/mol. The summed E-state index contributed by atoms with van der Waals surface area (Å²) in [6.07, 6.45) is 3.72. The highest BCUT2D eigenvalue weighted by atomic mass is 14.9. The summed E-state index contributed by atoms with van der Waals surface area (Å²) in [5, 5.41) is 3.41. The highest BCUT2D eigenvalue weighted by Gasteiger charge is 2.00. The first-order valence-electron chi connectivity index (χ1n) is 5.87. The zero-order valence-corrected chi connectivity index (χ0v) is 10.6. The van der Waals surface area contributed by atoms with Crippen LogP contribution in [-0.4, -0.2) is 4.98 Å². The Labute approximate surface area is 103 Å². The lowest BCUT2D eigenvalue weighted by Gasteiger charge is -2.10. The Hall–Kier alpha value is -1.83. The van der Waals surface area contributed by atoms with Crippen LogP contribution in [0.25, 0.3) is 0 Å². The van der Waals surface area contributed by atoms with Crippen molar-refractivity contribution in [1.29, 1.82) is 0 Å². The molecule has 0 aliphatic heterocycles. The van der Waals surface area contributed by atoms with E-state index < -0.39 is 0 Å². The highest BCUT2D eigenvalue weighted by molar-refractivity contribution is 5.44. The molecular weight excluding hydrogens is 208 g/mol. The fourth-order valence-electron chi connectivity index (χ4n) is 1.85. The molecule has 0 saturated carbocycles. The second kappa shape index (κ2) is 5.00. The van der Waals surface area contributed by atoms with Gasteiger partial charge < -0.3 is 5.32 Å². The quantitative estimate of drug-likeness (QED) is 0.864. The standard InChI is InChI=1S/C15H18N2/c1-11-7-15(10-16-8-11)17-9-14-6-4-5-12(2)13(14)3/h4-8,10,17H,9H2,1-3H3. The van der Waals surface area contributed by atoms with Crippen LogP contribution >= 0.6 is 0 Å². The van der Waals surface area contributed by atoms with Crippen LogP contribution in [0.2, 0.25) is 0 Å². The number of nitrogens with zero attached hydrogens (tertiary/aromatic N) is 1. The maximum Gasteiger partial charge on any atom is 0.0532 e. The first-order valence-corrected chi connectivity index (χ1v) is 5.87. The third-order valence-electron chi connectivity index (χ3n) is 3.07. The predicted molar refractivity (Wildman–Crippen MR) is 72.2 cm³/mol. The summed E-state index contributed by atoms with van der Waals surface area (Å²) in [5.74, 6) is 0. The van der Waals surface area contributed by atoms with E-state index in [1.54, 1.807) is 0 Å². The van der Waals surface area contributed by atoms with Gasteiger partial charge >= 0.3 is 0 Å². The number of pyridine rings is 1. The van der Waals surface area contributed by atoms with Gasteiger partial charge in [0.05, 0.1) is 5.69 Å². The second-order valence-electron chi connectivity index (χ2n) is 4.46. The minimum absolute atomic E-state index is 0.846. The monoisotopic (exact) mass is 226 g/mol. The van der Waals surface area contributed by atoms with Crippen molar-refractivity contribution in [1.82, 2.24) is 4.98 Å². The van der Waals surface area contributed by atoms with Gasteiger partial charge in [-0.25, -0.2) is 0 Å². The molecule has 2 nitrogen and oxygen atoms in total. The predicted octanol–water partition coefficient (Wildman–Crippen LogP) is 3.62. The molecule has 0 bridgehead atoms. The Bertz CT molecular complexity index is 518. The zero-order chi connectivity index (χ0) is 12.3. The van der Waals surface area contributed by atoms with Crippen LogP contribution in [0, 0.1) is 20.8 Å². The Morgan fingerprint density at radius 2 is 1.94 bits per heavy atom. The van der Waals surface area contributed by atoms with Gasteiger partial charge in [-0.05, 0) is 49.1 Å².